The van der Waals surface area contributed by atoms with E-state index in [-0.39, 0.29) is 116 Å². The van der Waals surface area contributed by atoms with Crippen molar-refractivity contribution in [2.45, 2.75) is 0 Å². The average Bonchev–Trinajstić information content (AvgIpc) is 1.69. The first kappa shape index (κ1) is 14.2. The summed E-state index contributed by atoms with van der Waals surface area (Å²) in [6.07, 6.45) is 0. The van der Waals surface area contributed by atoms with Crippen LogP contribution >= 0.6 is 0 Å². The van der Waals surface area contributed by atoms with E-state index in [4.69, 9.17) is 5.73 Å². The molecule has 0 saturated heterocycles. The molecule has 1 aromatic rings. The quantitative estimate of drug-likeness (QED) is 0.461. The molecule has 0 unspecified atom stereocenters. The Morgan fingerprint density at radius 2 is 1.33 bits per heavy atom. The third kappa shape index (κ3) is 7.01. The van der Waals surface area contributed by atoms with Gasteiger partial charge in [0.2, 0.25) is 0 Å². The van der Waals surface area contributed by atoms with Crippen LogP contribution in [0.25, 0.3) is 5.73 Å². The molecular formula is C6H6NRb2+. The van der Waals surface area contributed by atoms with Crippen molar-refractivity contribution in [1.82, 2.24) is 0 Å². The van der Waals surface area contributed by atoms with E-state index in [0.717, 1.165) is 0 Å². The van der Waals surface area contributed by atoms with E-state index in [1.54, 1.807) is 12.1 Å². The summed E-state index contributed by atoms with van der Waals surface area (Å²) in [5.41, 5.74) is 7.57. The van der Waals surface area contributed by atoms with Crippen molar-refractivity contribution >= 4 is 5.69 Å². The standard InChI is InChI=1S/C6H6N.2Rb/c7-6-4-2-1-3-5-6;;/h1-5,7H;;/q-1;2*+1. The van der Waals surface area contributed by atoms with Gasteiger partial charge in [-0.15, -0.1) is 5.69 Å². The van der Waals surface area contributed by atoms with Crippen molar-refractivity contribution < 1.29 is 116 Å². The number of nitrogens with one attached hydrogen (secondary N) is 1. The molecule has 36 valence electrons. The van der Waals surface area contributed by atoms with Crippen LogP contribution in [0.15, 0.2) is 30.3 Å². The molecule has 9 heavy (non-hydrogen) atoms. The maximum absolute atomic E-state index is 7.00. The Kier molecular flexibility index (Phi) is 13.7. The molecule has 0 aliphatic rings. The summed E-state index contributed by atoms with van der Waals surface area (Å²) in [6.45, 7) is 0. The van der Waals surface area contributed by atoms with Crippen LogP contribution in [0.4, 0.5) is 5.69 Å². The van der Waals surface area contributed by atoms with Crippen molar-refractivity contribution in [2.75, 3.05) is 0 Å². The fraction of sp³-hybridized carbons (Fsp3) is 0. The Balaban J connectivity index is 0. The van der Waals surface area contributed by atoms with Crippen LogP contribution in [-0.4, -0.2) is 0 Å². The van der Waals surface area contributed by atoms with Gasteiger partial charge in [0.1, 0.15) is 0 Å². The molecule has 0 aliphatic heterocycles. The number of hydrogen-bond acceptors (Lipinski definition) is 0. The second-order valence-electron chi connectivity index (χ2n) is 1.37. The van der Waals surface area contributed by atoms with E-state index in [0.29, 0.717) is 5.69 Å². The molecule has 0 saturated carbocycles. The maximum atomic E-state index is 7.00. The van der Waals surface area contributed by atoms with Gasteiger partial charge in [-0.2, -0.15) is 0 Å². The van der Waals surface area contributed by atoms with Crippen LogP contribution in [-0.2, 0) is 0 Å². The van der Waals surface area contributed by atoms with Crippen molar-refractivity contribution in [1.29, 1.82) is 0 Å². The van der Waals surface area contributed by atoms with E-state index < -0.39 is 0 Å². The molecule has 0 amide bonds. The zero-order valence-corrected chi connectivity index (χ0v) is 15.7. The summed E-state index contributed by atoms with van der Waals surface area (Å²) in [5, 5.41) is 0. The first-order valence-electron chi connectivity index (χ1n) is 2.16. The van der Waals surface area contributed by atoms with Crippen LogP contribution in [0.1, 0.15) is 0 Å². The van der Waals surface area contributed by atoms with Gasteiger partial charge in [0.15, 0.2) is 0 Å². The predicted octanol–water partition coefficient (Wildman–Crippen LogP) is -3.62. The van der Waals surface area contributed by atoms with Crippen LogP contribution in [0.2, 0.25) is 0 Å². The van der Waals surface area contributed by atoms with Gasteiger partial charge in [0, 0.05) is 0 Å². The summed E-state index contributed by atoms with van der Waals surface area (Å²) < 4.78 is 0. The summed E-state index contributed by atoms with van der Waals surface area (Å²) in [6, 6.07) is 9.10. The van der Waals surface area contributed by atoms with Crippen molar-refractivity contribution in [3.63, 3.8) is 0 Å². The van der Waals surface area contributed by atoms with Gasteiger partial charge < -0.3 is 5.73 Å². The van der Waals surface area contributed by atoms with Gasteiger partial charge in [-0.3, -0.25) is 0 Å². The van der Waals surface area contributed by atoms with Crippen LogP contribution < -0.4 is 116 Å². The topological polar surface area (TPSA) is 23.8 Å². The SMILES string of the molecule is [NH-]c1ccccc1.[Rb+].[Rb+]. The molecule has 0 fully saturated rings. The second kappa shape index (κ2) is 8.72. The van der Waals surface area contributed by atoms with Gasteiger partial charge in [-0.05, 0) is 0 Å². The minimum absolute atomic E-state index is 0. The molecule has 0 atom stereocenters. The summed E-state index contributed by atoms with van der Waals surface area (Å²) in [4.78, 5) is 0. The van der Waals surface area contributed by atoms with Gasteiger partial charge >= 0.3 is 116 Å². The Morgan fingerprint density at radius 1 is 0.889 bits per heavy atom. The molecule has 0 spiro atoms. The van der Waals surface area contributed by atoms with E-state index >= 15 is 0 Å². The maximum Gasteiger partial charge on any atom is 1.00 e. The van der Waals surface area contributed by atoms with Gasteiger partial charge in [0.05, 0.1) is 0 Å². The smallest absolute Gasteiger partial charge is 0.699 e. The Hall–Kier alpha value is 2.63. The largest absolute Gasteiger partial charge is 1.00 e. The summed E-state index contributed by atoms with van der Waals surface area (Å²) >= 11 is 0. The van der Waals surface area contributed by atoms with Gasteiger partial charge in [-0.25, -0.2) is 0 Å². The third-order valence-corrected chi connectivity index (χ3v) is 0.774. The predicted molar refractivity (Wildman–Crippen MR) is 30.4 cm³/mol. The third-order valence-electron chi connectivity index (χ3n) is 0.774. The van der Waals surface area contributed by atoms with E-state index in [9.17, 15) is 0 Å². The van der Waals surface area contributed by atoms with Crippen molar-refractivity contribution in [3.05, 3.63) is 36.1 Å². The van der Waals surface area contributed by atoms with Crippen LogP contribution in [0.3, 0.4) is 0 Å². The summed E-state index contributed by atoms with van der Waals surface area (Å²) in [5.74, 6) is 0. The minimum Gasteiger partial charge on any atom is -0.699 e. The average molecular weight is 263 g/mol. The van der Waals surface area contributed by atoms with E-state index in [1.807, 2.05) is 18.2 Å². The van der Waals surface area contributed by atoms with Crippen molar-refractivity contribution in [2.24, 2.45) is 0 Å². The first-order chi connectivity index (χ1) is 3.39. The molecule has 1 N–H and O–H groups in total. The molecule has 1 rings (SSSR count). The van der Waals surface area contributed by atoms with E-state index in [1.165, 1.54) is 0 Å². The molecule has 0 aromatic heterocycles. The fourth-order valence-electron chi connectivity index (χ4n) is 0.438. The number of benzene rings is 1. The molecule has 0 radical (unpaired) electrons. The molecule has 3 heteroatoms. The molecule has 1 nitrogen and oxygen atoms in total. The number of hydrogen-bond donors (Lipinski definition) is 0. The Bertz CT molecular complexity index is 141. The molecule has 1 aromatic carbocycles. The first-order valence-corrected chi connectivity index (χ1v) is 2.16. The Labute approximate surface area is 153 Å². The molecule has 0 aliphatic carbocycles. The normalized spacial score (nSPS) is 6.67. The Morgan fingerprint density at radius 3 is 1.56 bits per heavy atom. The molecular weight excluding hydrogens is 257 g/mol. The second-order valence-corrected chi connectivity index (χ2v) is 1.37. The van der Waals surface area contributed by atoms with Gasteiger partial charge in [0.25, 0.3) is 0 Å². The summed E-state index contributed by atoms with van der Waals surface area (Å²) in [7, 11) is 0. The fourth-order valence-corrected chi connectivity index (χ4v) is 0.438. The van der Waals surface area contributed by atoms with Crippen molar-refractivity contribution in [3.8, 4) is 0 Å². The minimum atomic E-state index is 0. The zero-order chi connectivity index (χ0) is 5.11. The number of rotatable bonds is 0. The monoisotopic (exact) mass is 262 g/mol. The van der Waals surface area contributed by atoms with Crippen LogP contribution in [0, 0.1) is 0 Å². The van der Waals surface area contributed by atoms with E-state index in [2.05, 4.69) is 0 Å². The molecule has 0 heterocycles. The zero-order valence-electron chi connectivity index (χ0n) is 5.89. The van der Waals surface area contributed by atoms with Crippen LogP contribution in [0.5, 0.6) is 0 Å². The van der Waals surface area contributed by atoms with Gasteiger partial charge in [-0.1, -0.05) is 30.3 Å². The molecule has 0 bridgehead atoms.